The standard InChI is InChI=1S/C13H13Br3O2/c14-10-6-8(11(15)12(16)13(17)18)5-7-3-1-2-4-9(7)10/h5-6,11-12H,1-4H2,(H,17,18). The van der Waals surface area contributed by atoms with Crippen LogP contribution < -0.4 is 0 Å². The second-order valence-corrected chi connectivity index (χ2v) is 7.32. The summed E-state index contributed by atoms with van der Waals surface area (Å²) in [6.45, 7) is 0. The zero-order chi connectivity index (χ0) is 13.3. The largest absolute Gasteiger partial charge is 0.480 e. The molecule has 0 saturated carbocycles. The van der Waals surface area contributed by atoms with Crippen molar-refractivity contribution in [3.05, 3.63) is 33.3 Å². The van der Waals surface area contributed by atoms with E-state index in [-0.39, 0.29) is 4.83 Å². The molecule has 1 aromatic carbocycles. The average molecular weight is 441 g/mol. The average Bonchev–Trinajstić information content (AvgIpc) is 2.36. The maximum absolute atomic E-state index is 11.0. The molecule has 1 aliphatic rings. The molecule has 2 rings (SSSR count). The van der Waals surface area contributed by atoms with Gasteiger partial charge in [0.15, 0.2) is 0 Å². The Labute approximate surface area is 132 Å². The van der Waals surface area contributed by atoms with Crippen LogP contribution in [0, 0.1) is 0 Å². The second-order valence-electron chi connectivity index (χ2n) is 4.49. The zero-order valence-electron chi connectivity index (χ0n) is 9.63. The molecule has 0 bridgehead atoms. The van der Waals surface area contributed by atoms with Crippen molar-refractivity contribution >= 4 is 53.8 Å². The third kappa shape index (κ3) is 2.99. The lowest BCUT2D eigenvalue weighted by Gasteiger charge is -2.21. The fourth-order valence-corrected chi connectivity index (χ4v) is 3.80. The summed E-state index contributed by atoms with van der Waals surface area (Å²) < 4.78 is 1.10. The number of benzene rings is 1. The summed E-state index contributed by atoms with van der Waals surface area (Å²) in [4.78, 5) is 10.2. The molecule has 2 nitrogen and oxygen atoms in total. The van der Waals surface area contributed by atoms with Crippen LogP contribution in [0.25, 0.3) is 0 Å². The molecule has 2 atom stereocenters. The molecule has 0 saturated heterocycles. The van der Waals surface area contributed by atoms with E-state index in [0.29, 0.717) is 0 Å². The smallest absolute Gasteiger partial charge is 0.318 e. The molecule has 0 spiro atoms. The second kappa shape index (κ2) is 6.06. The number of halogens is 3. The van der Waals surface area contributed by atoms with Gasteiger partial charge in [0.25, 0.3) is 0 Å². The van der Waals surface area contributed by atoms with Crippen LogP contribution in [0.5, 0.6) is 0 Å². The van der Waals surface area contributed by atoms with E-state index in [1.54, 1.807) is 0 Å². The Morgan fingerprint density at radius 1 is 1.22 bits per heavy atom. The van der Waals surface area contributed by atoms with Crippen LogP contribution in [0.3, 0.4) is 0 Å². The highest BCUT2D eigenvalue weighted by molar-refractivity contribution is 9.12. The number of carboxylic acids is 1. The van der Waals surface area contributed by atoms with Crippen molar-refractivity contribution in [2.24, 2.45) is 0 Å². The summed E-state index contributed by atoms with van der Waals surface area (Å²) in [5.74, 6) is -0.856. The highest BCUT2D eigenvalue weighted by atomic mass is 79.9. The lowest BCUT2D eigenvalue weighted by molar-refractivity contribution is -0.136. The van der Waals surface area contributed by atoms with E-state index < -0.39 is 10.8 Å². The number of aliphatic carboxylic acids is 1. The van der Waals surface area contributed by atoms with Gasteiger partial charge in [-0.15, -0.1) is 0 Å². The van der Waals surface area contributed by atoms with Gasteiger partial charge in [0.05, 0.1) is 4.83 Å². The summed E-state index contributed by atoms with van der Waals surface area (Å²) in [6, 6.07) is 4.16. The maximum atomic E-state index is 11.0. The Balaban J connectivity index is 2.35. The van der Waals surface area contributed by atoms with Gasteiger partial charge in [-0.2, -0.15) is 0 Å². The summed E-state index contributed by atoms with van der Waals surface area (Å²) in [5.41, 5.74) is 3.73. The first-order valence-corrected chi connectivity index (χ1v) is 8.45. The van der Waals surface area contributed by atoms with Gasteiger partial charge in [-0.05, 0) is 48.4 Å². The van der Waals surface area contributed by atoms with E-state index in [1.165, 1.54) is 24.0 Å². The Morgan fingerprint density at radius 3 is 2.56 bits per heavy atom. The quantitative estimate of drug-likeness (QED) is 0.697. The van der Waals surface area contributed by atoms with Crippen LogP contribution >= 0.6 is 47.8 Å². The molecule has 0 aliphatic heterocycles. The van der Waals surface area contributed by atoms with Gasteiger partial charge < -0.3 is 5.11 Å². The van der Waals surface area contributed by atoms with Crippen LogP contribution in [0.4, 0.5) is 0 Å². The number of aryl methyl sites for hydroxylation is 1. The molecule has 18 heavy (non-hydrogen) atoms. The first-order chi connectivity index (χ1) is 8.50. The van der Waals surface area contributed by atoms with Crippen LogP contribution in [0.15, 0.2) is 16.6 Å². The number of hydrogen-bond donors (Lipinski definition) is 1. The number of fused-ring (bicyclic) bond motifs is 1. The van der Waals surface area contributed by atoms with Gasteiger partial charge in [0.2, 0.25) is 0 Å². The number of alkyl halides is 2. The zero-order valence-corrected chi connectivity index (χ0v) is 14.4. The Morgan fingerprint density at radius 2 is 1.89 bits per heavy atom. The van der Waals surface area contributed by atoms with Gasteiger partial charge >= 0.3 is 5.97 Å². The summed E-state index contributed by atoms with van der Waals surface area (Å²) in [5, 5.41) is 9.03. The van der Waals surface area contributed by atoms with Crippen molar-refractivity contribution in [3.8, 4) is 0 Å². The molecule has 0 heterocycles. The van der Waals surface area contributed by atoms with Crippen molar-refractivity contribution in [2.75, 3.05) is 0 Å². The number of hydrogen-bond acceptors (Lipinski definition) is 1. The third-order valence-electron chi connectivity index (χ3n) is 3.24. The molecular weight excluding hydrogens is 428 g/mol. The highest BCUT2D eigenvalue weighted by Crippen LogP contribution is 2.37. The monoisotopic (exact) mass is 438 g/mol. The van der Waals surface area contributed by atoms with Crippen molar-refractivity contribution in [1.82, 2.24) is 0 Å². The molecule has 0 amide bonds. The first-order valence-electron chi connectivity index (χ1n) is 5.83. The highest BCUT2D eigenvalue weighted by Gasteiger charge is 2.26. The predicted molar refractivity (Wildman–Crippen MR) is 82.8 cm³/mol. The molecule has 1 aliphatic carbocycles. The molecule has 0 radical (unpaired) electrons. The summed E-state index contributed by atoms with van der Waals surface area (Å²) >= 11 is 10.3. The van der Waals surface area contributed by atoms with Crippen molar-refractivity contribution in [3.63, 3.8) is 0 Å². The van der Waals surface area contributed by atoms with Crippen molar-refractivity contribution < 1.29 is 9.90 Å². The molecular formula is C13H13Br3O2. The molecule has 1 aromatic rings. The molecule has 2 unspecified atom stereocenters. The maximum Gasteiger partial charge on any atom is 0.318 e. The van der Waals surface area contributed by atoms with Gasteiger partial charge in [-0.25, -0.2) is 0 Å². The first kappa shape index (κ1) is 14.5. The topological polar surface area (TPSA) is 37.3 Å². The van der Waals surface area contributed by atoms with E-state index in [9.17, 15) is 4.79 Å². The van der Waals surface area contributed by atoms with E-state index >= 15 is 0 Å². The van der Waals surface area contributed by atoms with Crippen molar-refractivity contribution in [2.45, 2.75) is 35.3 Å². The fourth-order valence-electron chi connectivity index (χ4n) is 2.29. The summed E-state index contributed by atoms with van der Waals surface area (Å²) in [7, 11) is 0. The summed E-state index contributed by atoms with van der Waals surface area (Å²) in [6.07, 6.45) is 4.65. The Bertz CT molecular complexity index is 474. The Hall–Kier alpha value is 0.130. The minimum atomic E-state index is -0.856. The van der Waals surface area contributed by atoms with E-state index in [2.05, 4.69) is 53.9 Å². The van der Waals surface area contributed by atoms with E-state index in [1.807, 2.05) is 6.07 Å². The van der Waals surface area contributed by atoms with Crippen LogP contribution in [0.2, 0.25) is 0 Å². The van der Waals surface area contributed by atoms with Gasteiger partial charge in [0, 0.05) is 4.47 Å². The molecule has 1 N–H and O–H groups in total. The SMILES string of the molecule is O=C(O)C(Br)C(Br)c1cc(Br)c2c(c1)CCCC2. The molecule has 98 valence electrons. The fraction of sp³-hybridized carbons (Fsp3) is 0.462. The van der Waals surface area contributed by atoms with Gasteiger partial charge in [-0.3, -0.25) is 4.79 Å². The van der Waals surface area contributed by atoms with Gasteiger partial charge in [0.1, 0.15) is 4.83 Å². The number of rotatable bonds is 3. The van der Waals surface area contributed by atoms with Crippen molar-refractivity contribution in [1.29, 1.82) is 0 Å². The van der Waals surface area contributed by atoms with E-state index in [4.69, 9.17) is 5.11 Å². The number of carbonyl (C=O) groups is 1. The van der Waals surface area contributed by atoms with Crippen LogP contribution in [-0.4, -0.2) is 15.9 Å². The lowest BCUT2D eigenvalue weighted by Crippen LogP contribution is -2.18. The Kier molecular flexibility index (Phi) is 4.89. The van der Waals surface area contributed by atoms with E-state index in [0.717, 1.165) is 22.9 Å². The van der Waals surface area contributed by atoms with Crippen LogP contribution in [-0.2, 0) is 17.6 Å². The predicted octanol–water partition coefficient (Wildman–Crippen LogP) is 4.61. The normalized spacial score (nSPS) is 17.9. The molecule has 5 heteroatoms. The molecule has 0 aromatic heterocycles. The minimum Gasteiger partial charge on any atom is -0.480 e. The van der Waals surface area contributed by atoms with Gasteiger partial charge in [-0.1, -0.05) is 53.9 Å². The third-order valence-corrected chi connectivity index (χ3v) is 6.64. The minimum absolute atomic E-state index is 0.224. The molecule has 0 fully saturated rings. The lowest BCUT2D eigenvalue weighted by atomic mass is 9.89. The van der Waals surface area contributed by atoms with Crippen LogP contribution in [0.1, 0.15) is 34.4 Å². The number of carboxylic acid groups (broad SMARTS) is 1.